The first-order valence-corrected chi connectivity index (χ1v) is 14.0. The number of esters is 1. The van der Waals surface area contributed by atoms with Gasteiger partial charge < -0.3 is 15.8 Å². The number of nitrogens with two attached hydrogens (primary N) is 1. The maximum Gasteiger partial charge on any atom is 0.324 e. The summed E-state index contributed by atoms with van der Waals surface area (Å²) in [5.41, 5.74) is 8.02. The van der Waals surface area contributed by atoms with E-state index in [9.17, 15) is 18.8 Å². The summed E-state index contributed by atoms with van der Waals surface area (Å²) in [6.07, 6.45) is 6.23. The van der Waals surface area contributed by atoms with Crippen LogP contribution in [0, 0.1) is 5.82 Å². The lowest BCUT2D eigenvalue weighted by Gasteiger charge is -2.33. The molecule has 1 saturated heterocycles. The van der Waals surface area contributed by atoms with E-state index in [1.807, 2.05) is 12.1 Å². The molecule has 0 bridgehead atoms. The molecule has 5 rings (SSSR count). The second kappa shape index (κ2) is 12.6. The molecule has 2 heterocycles. The number of ether oxygens (including phenoxy) is 1. The molecule has 8 nitrogen and oxygen atoms in total. The van der Waals surface area contributed by atoms with Crippen LogP contribution < -0.4 is 16.6 Å². The first-order chi connectivity index (χ1) is 19.4. The minimum absolute atomic E-state index is 0.0292. The number of hydrogen-bond donors (Lipinski definition) is 2. The number of pyridine rings is 1. The number of aromatic nitrogens is 1. The van der Waals surface area contributed by atoms with Crippen LogP contribution in [-0.2, 0) is 16.0 Å². The molecule has 2 aliphatic rings. The van der Waals surface area contributed by atoms with Gasteiger partial charge in [-0.05, 0) is 80.1 Å². The average molecular weight is 547 g/mol. The number of nitrogen functional groups attached to an aromatic ring is 1. The summed E-state index contributed by atoms with van der Waals surface area (Å²) >= 11 is 0. The van der Waals surface area contributed by atoms with Crippen LogP contribution in [0.15, 0.2) is 65.5 Å². The Morgan fingerprint density at radius 1 is 0.975 bits per heavy atom. The highest BCUT2D eigenvalue weighted by atomic mass is 19.1. The van der Waals surface area contributed by atoms with Crippen molar-refractivity contribution in [1.29, 1.82) is 0 Å². The molecule has 3 N–H and O–H groups in total. The first kappa shape index (κ1) is 27.7. The number of ketones is 1. The molecule has 1 aliphatic carbocycles. The molecule has 1 saturated carbocycles. The molecule has 0 radical (unpaired) electrons. The lowest BCUT2D eigenvalue weighted by Crippen LogP contribution is -2.55. The predicted molar refractivity (Wildman–Crippen MR) is 151 cm³/mol. The Morgan fingerprint density at radius 2 is 1.70 bits per heavy atom. The van der Waals surface area contributed by atoms with Gasteiger partial charge in [0.2, 0.25) is 0 Å². The first-order valence-electron chi connectivity index (χ1n) is 14.0. The predicted octanol–water partition coefficient (Wildman–Crippen LogP) is 3.48. The maximum absolute atomic E-state index is 13.3. The van der Waals surface area contributed by atoms with E-state index < -0.39 is 5.82 Å². The number of carbonyl (C=O) groups is 2. The zero-order valence-electron chi connectivity index (χ0n) is 22.5. The fourth-order valence-corrected chi connectivity index (χ4v) is 5.47. The van der Waals surface area contributed by atoms with Crippen molar-refractivity contribution >= 4 is 17.6 Å². The van der Waals surface area contributed by atoms with Gasteiger partial charge in [-0.3, -0.25) is 23.9 Å². The number of anilines is 1. The summed E-state index contributed by atoms with van der Waals surface area (Å²) in [5.74, 6) is -0.950. The molecule has 1 aromatic heterocycles. The fourth-order valence-electron chi connectivity index (χ4n) is 5.47. The third kappa shape index (κ3) is 6.48. The third-order valence-corrected chi connectivity index (χ3v) is 7.77. The SMILES string of the molecule is Nc1c(C(=O)c2ccc(F)cc2)ccc(=O)n1-c1ccc(CCN2CCNC(C(=O)OC3CCCCC3)C2)cc1. The van der Waals surface area contributed by atoms with Crippen LogP contribution in [0.5, 0.6) is 0 Å². The minimum Gasteiger partial charge on any atom is -0.461 e. The quantitative estimate of drug-likeness (QED) is 0.329. The lowest BCUT2D eigenvalue weighted by molar-refractivity contribution is -0.154. The number of hydrogen-bond acceptors (Lipinski definition) is 7. The van der Waals surface area contributed by atoms with Crippen LogP contribution >= 0.6 is 0 Å². The van der Waals surface area contributed by atoms with E-state index in [0.29, 0.717) is 12.2 Å². The molecule has 0 amide bonds. The molecule has 40 heavy (non-hydrogen) atoms. The molecule has 0 spiro atoms. The summed E-state index contributed by atoms with van der Waals surface area (Å²) in [7, 11) is 0. The topological polar surface area (TPSA) is 107 Å². The van der Waals surface area contributed by atoms with Gasteiger partial charge in [-0.15, -0.1) is 0 Å². The molecule has 1 aliphatic heterocycles. The van der Waals surface area contributed by atoms with Gasteiger partial charge in [0, 0.05) is 37.8 Å². The highest BCUT2D eigenvalue weighted by molar-refractivity contribution is 6.11. The van der Waals surface area contributed by atoms with Gasteiger partial charge in [0.25, 0.3) is 5.56 Å². The second-order valence-electron chi connectivity index (χ2n) is 10.6. The van der Waals surface area contributed by atoms with Crippen LogP contribution in [-0.4, -0.2) is 59.5 Å². The molecular formula is C31H35FN4O4. The number of rotatable bonds is 8. The molecule has 2 aromatic carbocycles. The van der Waals surface area contributed by atoms with E-state index in [0.717, 1.165) is 57.3 Å². The van der Waals surface area contributed by atoms with Gasteiger partial charge in [0.1, 0.15) is 23.8 Å². The normalized spacial score (nSPS) is 18.4. The van der Waals surface area contributed by atoms with Gasteiger partial charge in [0.15, 0.2) is 5.78 Å². The fraction of sp³-hybridized carbons (Fsp3) is 0.387. The Labute approximate surface area is 232 Å². The highest BCUT2D eigenvalue weighted by Gasteiger charge is 2.29. The van der Waals surface area contributed by atoms with Crippen molar-refractivity contribution < 1.29 is 18.7 Å². The van der Waals surface area contributed by atoms with E-state index in [4.69, 9.17) is 10.5 Å². The monoisotopic (exact) mass is 546 g/mol. The van der Waals surface area contributed by atoms with Crippen LogP contribution in [0.1, 0.15) is 53.6 Å². The molecule has 3 aromatic rings. The number of piperazine rings is 1. The molecule has 2 fully saturated rings. The molecule has 9 heteroatoms. The number of benzene rings is 2. The van der Waals surface area contributed by atoms with E-state index in [1.165, 1.54) is 47.4 Å². The standard InChI is InChI=1S/C31H35FN4O4/c32-23-10-8-22(9-11-23)29(38)26-14-15-28(37)36(30(26)33)24-12-6-21(7-13-24)16-18-35-19-17-34-27(20-35)31(39)40-25-4-2-1-3-5-25/h6-15,25,27,34H,1-5,16-20,33H2. The molecular weight excluding hydrogens is 511 g/mol. The zero-order valence-corrected chi connectivity index (χ0v) is 22.5. The number of nitrogens with zero attached hydrogens (tertiary/aromatic N) is 2. The Kier molecular flexibility index (Phi) is 8.72. The molecule has 1 unspecified atom stereocenters. The van der Waals surface area contributed by atoms with E-state index in [2.05, 4.69) is 10.2 Å². The summed E-state index contributed by atoms with van der Waals surface area (Å²) in [6, 6.07) is 15.1. The van der Waals surface area contributed by atoms with Crippen LogP contribution in [0.2, 0.25) is 0 Å². The summed E-state index contributed by atoms with van der Waals surface area (Å²) in [6.45, 7) is 2.99. The van der Waals surface area contributed by atoms with Crippen molar-refractivity contribution in [2.24, 2.45) is 0 Å². The Morgan fingerprint density at radius 3 is 2.42 bits per heavy atom. The summed E-state index contributed by atoms with van der Waals surface area (Å²) in [5, 5.41) is 3.30. The van der Waals surface area contributed by atoms with Gasteiger partial charge >= 0.3 is 5.97 Å². The second-order valence-corrected chi connectivity index (χ2v) is 10.6. The Bertz CT molecular complexity index is 1400. The third-order valence-electron chi connectivity index (χ3n) is 7.77. The van der Waals surface area contributed by atoms with Gasteiger partial charge in [0.05, 0.1) is 11.3 Å². The average Bonchev–Trinajstić information content (AvgIpc) is 2.97. The Hall–Kier alpha value is -3.82. The van der Waals surface area contributed by atoms with Crippen LogP contribution in [0.3, 0.4) is 0 Å². The van der Waals surface area contributed by atoms with Gasteiger partial charge in [-0.1, -0.05) is 18.6 Å². The number of carbonyl (C=O) groups excluding carboxylic acids is 2. The summed E-state index contributed by atoms with van der Waals surface area (Å²) in [4.78, 5) is 40.6. The molecule has 210 valence electrons. The van der Waals surface area contributed by atoms with Gasteiger partial charge in [-0.2, -0.15) is 0 Å². The zero-order chi connectivity index (χ0) is 28.1. The van der Waals surface area contributed by atoms with E-state index in [-0.39, 0.29) is 46.4 Å². The van der Waals surface area contributed by atoms with E-state index in [1.54, 1.807) is 12.1 Å². The van der Waals surface area contributed by atoms with Crippen LogP contribution in [0.4, 0.5) is 10.2 Å². The van der Waals surface area contributed by atoms with Crippen molar-refractivity contribution in [3.8, 4) is 5.69 Å². The minimum atomic E-state index is -0.441. The largest absolute Gasteiger partial charge is 0.461 e. The van der Waals surface area contributed by atoms with E-state index >= 15 is 0 Å². The van der Waals surface area contributed by atoms with Crippen molar-refractivity contribution in [1.82, 2.24) is 14.8 Å². The van der Waals surface area contributed by atoms with Crippen molar-refractivity contribution in [3.63, 3.8) is 0 Å². The highest BCUT2D eigenvalue weighted by Crippen LogP contribution is 2.22. The van der Waals surface area contributed by atoms with Crippen molar-refractivity contribution in [3.05, 3.63) is 93.5 Å². The van der Waals surface area contributed by atoms with Crippen molar-refractivity contribution in [2.45, 2.75) is 50.7 Å². The summed E-state index contributed by atoms with van der Waals surface area (Å²) < 4.78 is 20.4. The lowest BCUT2D eigenvalue weighted by atomic mass is 9.98. The van der Waals surface area contributed by atoms with Crippen LogP contribution in [0.25, 0.3) is 5.69 Å². The number of halogens is 1. The smallest absolute Gasteiger partial charge is 0.324 e. The number of nitrogens with one attached hydrogen (secondary N) is 1. The Balaban J connectivity index is 1.21. The maximum atomic E-state index is 13.3. The van der Waals surface area contributed by atoms with Crippen molar-refractivity contribution in [2.75, 3.05) is 31.9 Å². The van der Waals surface area contributed by atoms with Gasteiger partial charge in [-0.25, -0.2) is 4.39 Å². The molecule has 1 atom stereocenters.